The SMILES string of the molecule is COc1ccc(N(Sc2ccc(Cl)cc2)S(=O)(=O)c2ccc(C)cc2)cc1Cl. The van der Waals surface area contributed by atoms with E-state index >= 15 is 0 Å². The van der Waals surface area contributed by atoms with Crippen LogP contribution in [-0.2, 0) is 10.0 Å². The first-order chi connectivity index (χ1) is 13.3. The first-order valence-corrected chi connectivity index (χ1v) is 11.2. The fourth-order valence-corrected chi connectivity index (χ4v) is 5.42. The minimum atomic E-state index is -3.85. The molecule has 0 fully saturated rings. The zero-order chi connectivity index (χ0) is 20.3. The molecule has 0 aliphatic carbocycles. The number of halogens is 2. The summed E-state index contributed by atoms with van der Waals surface area (Å²) in [4.78, 5) is 0.901. The number of nitrogens with zero attached hydrogens (tertiary/aromatic N) is 1. The van der Waals surface area contributed by atoms with Crippen LogP contribution in [0.3, 0.4) is 0 Å². The van der Waals surface area contributed by atoms with E-state index < -0.39 is 10.0 Å². The summed E-state index contributed by atoms with van der Waals surface area (Å²) in [5, 5.41) is 0.894. The lowest BCUT2D eigenvalue weighted by Crippen LogP contribution is -2.24. The van der Waals surface area contributed by atoms with E-state index in [1.165, 1.54) is 10.8 Å². The number of ether oxygens (including phenoxy) is 1. The van der Waals surface area contributed by atoms with Gasteiger partial charge in [-0.1, -0.05) is 40.9 Å². The van der Waals surface area contributed by atoms with Crippen molar-refractivity contribution in [3.05, 3.63) is 82.3 Å². The highest BCUT2D eigenvalue weighted by Crippen LogP contribution is 2.38. The van der Waals surface area contributed by atoms with Crippen LogP contribution in [-0.4, -0.2) is 15.5 Å². The molecule has 0 atom stereocenters. The standard InChI is InChI=1S/C20H17Cl2NO3S2/c1-14-3-10-18(11-4-14)28(24,25)23(27-17-8-5-15(21)6-9-17)16-7-12-20(26-2)19(22)13-16/h3-13H,1-2H3. The van der Waals surface area contributed by atoms with Gasteiger partial charge >= 0.3 is 0 Å². The smallest absolute Gasteiger partial charge is 0.274 e. The summed E-state index contributed by atoms with van der Waals surface area (Å²) in [5.41, 5.74) is 1.38. The second-order valence-corrected chi connectivity index (χ2v) is 9.79. The van der Waals surface area contributed by atoms with E-state index in [0.717, 1.165) is 17.5 Å². The Morgan fingerprint density at radius 2 is 1.57 bits per heavy atom. The lowest BCUT2D eigenvalue weighted by atomic mass is 10.2. The topological polar surface area (TPSA) is 46.6 Å². The number of methoxy groups -OCH3 is 1. The third-order valence-corrected chi connectivity index (χ3v) is 7.62. The first kappa shape index (κ1) is 20.9. The van der Waals surface area contributed by atoms with Crippen molar-refractivity contribution in [1.82, 2.24) is 0 Å². The molecule has 0 bridgehead atoms. The molecule has 0 heterocycles. The Balaban J connectivity index is 2.09. The van der Waals surface area contributed by atoms with Crippen molar-refractivity contribution >= 4 is 50.9 Å². The molecule has 0 spiro atoms. The summed E-state index contributed by atoms with van der Waals surface area (Å²) in [7, 11) is -2.35. The average molecular weight is 454 g/mol. The molecule has 8 heteroatoms. The van der Waals surface area contributed by atoms with E-state index in [4.69, 9.17) is 27.9 Å². The summed E-state index contributed by atoms with van der Waals surface area (Å²) >= 11 is 13.3. The van der Waals surface area contributed by atoms with Gasteiger partial charge in [0.15, 0.2) is 0 Å². The third-order valence-electron chi connectivity index (χ3n) is 3.89. The summed E-state index contributed by atoms with van der Waals surface area (Å²) in [6.07, 6.45) is 0. The van der Waals surface area contributed by atoms with Crippen molar-refractivity contribution < 1.29 is 13.2 Å². The zero-order valence-corrected chi connectivity index (χ0v) is 18.2. The van der Waals surface area contributed by atoms with Gasteiger partial charge in [0.1, 0.15) is 5.75 Å². The van der Waals surface area contributed by atoms with Gasteiger partial charge < -0.3 is 4.74 Å². The quantitative estimate of drug-likeness (QED) is 0.416. The summed E-state index contributed by atoms with van der Waals surface area (Å²) < 4.78 is 33.2. The van der Waals surface area contributed by atoms with Crippen LogP contribution < -0.4 is 8.45 Å². The highest BCUT2D eigenvalue weighted by molar-refractivity contribution is 8.14. The Kier molecular flexibility index (Phi) is 6.45. The fourth-order valence-electron chi connectivity index (χ4n) is 2.41. The maximum absolute atomic E-state index is 13.4. The predicted molar refractivity (Wildman–Crippen MR) is 116 cm³/mol. The van der Waals surface area contributed by atoms with Crippen molar-refractivity contribution in [3.63, 3.8) is 0 Å². The number of hydrogen-bond acceptors (Lipinski definition) is 4. The van der Waals surface area contributed by atoms with Crippen molar-refractivity contribution in [1.29, 1.82) is 0 Å². The Hall–Kier alpha value is -1.86. The first-order valence-electron chi connectivity index (χ1n) is 8.20. The largest absolute Gasteiger partial charge is 0.495 e. The molecule has 3 aromatic rings. The number of anilines is 1. The molecule has 0 saturated heterocycles. The molecule has 0 saturated carbocycles. The fraction of sp³-hybridized carbons (Fsp3) is 0.100. The number of hydrogen-bond donors (Lipinski definition) is 0. The van der Waals surface area contributed by atoms with Crippen LogP contribution in [0.5, 0.6) is 5.75 Å². The molecule has 0 unspecified atom stereocenters. The van der Waals surface area contributed by atoms with Gasteiger partial charge in [0.25, 0.3) is 10.0 Å². The molecular formula is C20H17Cl2NO3S2. The maximum atomic E-state index is 13.4. The molecular weight excluding hydrogens is 437 g/mol. The number of aryl methyl sites for hydroxylation is 1. The molecule has 28 heavy (non-hydrogen) atoms. The van der Waals surface area contributed by atoms with Crippen LogP contribution in [0, 0.1) is 6.92 Å². The van der Waals surface area contributed by atoms with Gasteiger partial charge in [-0.3, -0.25) is 0 Å². The molecule has 0 aliphatic heterocycles. The van der Waals surface area contributed by atoms with Gasteiger partial charge in [-0.2, -0.15) is 0 Å². The van der Waals surface area contributed by atoms with E-state index in [0.29, 0.717) is 26.4 Å². The van der Waals surface area contributed by atoms with E-state index in [2.05, 4.69) is 0 Å². The van der Waals surface area contributed by atoms with Crippen LogP contribution in [0.1, 0.15) is 5.56 Å². The highest BCUT2D eigenvalue weighted by atomic mass is 35.5. The molecule has 0 aliphatic rings. The molecule has 0 aromatic heterocycles. The Labute approximate surface area is 179 Å². The van der Waals surface area contributed by atoms with Crippen LogP contribution in [0.25, 0.3) is 0 Å². The van der Waals surface area contributed by atoms with Crippen molar-refractivity contribution in [2.45, 2.75) is 16.7 Å². The molecule has 4 nitrogen and oxygen atoms in total. The molecule has 3 aromatic carbocycles. The van der Waals surface area contributed by atoms with E-state index in [9.17, 15) is 8.42 Å². The van der Waals surface area contributed by atoms with Crippen LogP contribution in [0.4, 0.5) is 5.69 Å². The Morgan fingerprint density at radius 3 is 2.14 bits per heavy atom. The third kappa shape index (κ3) is 4.58. The second-order valence-electron chi connectivity index (χ2n) is 5.91. The van der Waals surface area contributed by atoms with E-state index in [1.807, 2.05) is 6.92 Å². The van der Waals surface area contributed by atoms with E-state index in [-0.39, 0.29) is 4.90 Å². The molecule has 0 amide bonds. The highest BCUT2D eigenvalue weighted by Gasteiger charge is 2.27. The molecule has 0 radical (unpaired) electrons. The second kappa shape index (κ2) is 8.66. The summed E-state index contributed by atoms with van der Waals surface area (Å²) in [6, 6.07) is 18.5. The minimum absolute atomic E-state index is 0.187. The molecule has 146 valence electrons. The van der Waals surface area contributed by atoms with Gasteiger partial charge in [-0.05, 0) is 61.5 Å². The maximum Gasteiger partial charge on any atom is 0.274 e. The van der Waals surface area contributed by atoms with Crippen molar-refractivity contribution in [2.75, 3.05) is 10.8 Å². The minimum Gasteiger partial charge on any atom is -0.495 e. The van der Waals surface area contributed by atoms with Gasteiger partial charge in [0.05, 0.1) is 22.7 Å². The Morgan fingerprint density at radius 1 is 0.929 bits per heavy atom. The monoisotopic (exact) mass is 453 g/mol. The van der Waals surface area contributed by atoms with Crippen LogP contribution in [0.15, 0.2) is 76.5 Å². The van der Waals surface area contributed by atoms with Gasteiger partial charge in [0.2, 0.25) is 0 Å². The number of sulfonamides is 1. The van der Waals surface area contributed by atoms with Crippen molar-refractivity contribution in [3.8, 4) is 5.75 Å². The normalized spacial score (nSPS) is 11.3. The zero-order valence-electron chi connectivity index (χ0n) is 15.1. The van der Waals surface area contributed by atoms with Gasteiger partial charge in [0, 0.05) is 21.9 Å². The average Bonchev–Trinajstić information content (AvgIpc) is 2.67. The number of rotatable bonds is 6. The van der Waals surface area contributed by atoms with Gasteiger partial charge in [-0.15, -0.1) is 0 Å². The summed E-state index contributed by atoms with van der Waals surface area (Å²) in [5.74, 6) is 0.467. The lowest BCUT2D eigenvalue weighted by molar-refractivity contribution is 0.415. The van der Waals surface area contributed by atoms with E-state index in [1.54, 1.807) is 66.7 Å². The number of benzene rings is 3. The van der Waals surface area contributed by atoms with Gasteiger partial charge in [-0.25, -0.2) is 12.1 Å². The van der Waals surface area contributed by atoms with Crippen LogP contribution in [0.2, 0.25) is 10.0 Å². The summed E-state index contributed by atoms with van der Waals surface area (Å²) in [6.45, 7) is 1.90. The molecule has 0 N–H and O–H groups in total. The Bertz CT molecular complexity index is 1070. The predicted octanol–water partition coefficient (Wildman–Crippen LogP) is 6.21. The molecule has 3 rings (SSSR count). The van der Waals surface area contributed by atoms with Crippen LogP contribution >= 0.6 is 35.1 Å². The lowest BCUT2D eigenvalue weighted by Gasteiger charge is -2.23. The van der Waals surface area contributed by atoms with Crippen molar-refractivity contribution in [2.24, 2.45) is 0 Å².